The molecule has 17 heteroatoms. The minimum atomic E-state index is -1.76. The third-order valence-electron chi connectivity index (χ3n) is 8.48. The van der Waals surface area contributed by atoms with Crippen LogP contribution in [0.5, 0.6) is 0 Å². The highest BCUT2D eigenvalue weighted by atomic mass is 16.8. The number of hydrogen-bond acceptors (Lipinski definition) is 16. The largest absolute Gasteiger partial charge is 0.394 e. The van der Waals surface area contributed by atoms with E-state index >= 15 is 0 Å². The Kier molecular flexibility index (Phi) is 16.4. The number of aliphatic hydroxyl groups is 8. The van der Waals surface area contributed by atoms with Crippen molar-refractivity contribution in [1.82, 2.24) is 5.32 Å². The second-order valence-electron chi connectivity index (χ2n) is 11.9. The normalized spacial score (nSPS) is 41.8. The van der Waals surface area contributed by atoms with Crippen molar-refractivity contribution >= 4 is 5.91 Å². The summed E-state index contributed by atoms with van der Waals surface area (Å²) in [5, 5.41) is 85.8. The molecule has 3 fully saturated rings. The minimum Gasteiger partial charge on any atom is -0.394 e. The van der Waals surface area contributed by atoms with Crippen LogP contribution in [-0.4, -0.2) is 172 Å². The number of aliphatic hydroxyl groups excluding tert-OH is 8. The third-order valence-corrected chi connectivity index (χ3v) is 8.48. The smallest absolute Gasteiger partial charge is 0.217 e. The van der Waals surface area contributed by atoms with Gasteiger partial charge in [0.25, 0.3) is 0 Å². The van der Waals surface area contributed by atoms with E-state index in [1.807, 2.05) is 0 Å². The number of rotatable bonds is 17. The predicted octanol–water partition coefficient (Wildman–Crippen LogP) is -3.39. The van der Waals surface area contributed by atoms with Gasteiger partial charge in [-0.2, -0.15) is 0 Å². The molecule has 3 heterocycles. The molecule has 0 spiro atoms. The van der Waals surface area contributed by atoms with Gasteiger partial charge < -0.3 is 79.3 Å². The number of nitrogens with one attached hydrogen (secondary N) is 1. The first-order chi connectivity index (χ1) is 22.0. The van der Waals surface area contributed by atoms with Crippen molar-refractivity contribution in [3.63, 3.8) is 0 Å². The average Bonchev–Trinajstić information content (AvgIpc) is 3.03. The van der Waals surface area contributed by atoms with Gasteiger partial charge in [-0.3, -0.25) is 4.79 Å². The van der Waals surface area contributed by atoms with Crippen LogP contribution in [0.3, 0.4) is 0 Å². The molecule has 0 unspecified atom stereocenters. The summed E-state index contributed by atoms with van der Waals surface area (Å²) >= 11 is 0. The van der Waals surface area contributed by atoms with Crippen LogP contribution in [0.2, 0.25) is 0 Å². The number of methoxy groups -OCH3 is 1. The molecule has 3 rings (SSSR count). The van der Waals surface area contributed by atoms with E-state index in [1.165, 1.54) is 7.11 Å². The van der Waals surface area contributed by atoms with Crippen molar-refractivity contribution in [2.75, 3.05) is 33.5 Å². The van der Waals surface area contributed by atoms with E-state index in [0.29, 0.717) is 0 Å². The second kappa shape index (κ2) is 19.2. The summed E-state index contributed by atoms with van der Waals surface area (Å²) in [5.41, 5.74) is 0. The summed E-state index contributed by atoms with van der Waals surface area (Å²) in [6, 6.07) is -1.38. The van der Waals surface area contributed by atoms with Crippen molar-refractivity contribution in [2.45, 2.75) is 144 Å². The standard InChI is InChI=1S/C29H53NO16/c1-4-5-6-7-8-9-10-41-28-24(39)23(38)25(40-3)17(45-28)13-42-29-26(22(37)20(35)16(12-32)44-29)46-27-18(30-14(2)33)21(36)19(34)15(11-31)43-27/h15-29,31-32,34-39H,4-13H2,1-3H3,(H,30,33)/t15-,16-,17-,18+,19-,20-,21-,22+,23-,24-,25-,26+,27+,28+,29-/m1/s1. The summed E-state index contributed by atoms with van der Waals surface area (Å²) in [5.74, 6) is -0.612. The Hall–Kier alpha value is -1.13. The maximum absolute atomic E-state index is 11.9. The predicted molar refractivity (Wildman–Crippen MR) is 155 cm³/mol. The number of ether oxygens (including phenoxy) is 7. The molecule has 0 radical (unpaired) electrons. The van der Waals surface area contributed by atoms with E-state index < -0.39 is 111 Å². The van der Waals surface area contributed by atoms with Crippen LogP contribution in [0.1, 0.15) is 52.4 Å². The summed E-state index contributed by atoms with van der Waals surface area (Å²) in [4.78, 5) is 11.9. The highest BCUT2D eigenvalue weighted by molar-refractivity contribution is 5.73. The molecule has 3 saturated heterocycles. The summed E-state index contributed by atoms with van der Waals surface area (Å²) in [6.45, 7) is 1.75. The van der Waals surface area contributed by atoms with Gasteiger partial charge in [0.05, 0.1) is 19.8 Å². The maximum Gasteiger partial charge on any atom is 0.217 e. The number of carbonyl (C=O) groups excluding carboxylic acids is 1. The molecule has 0 aromatic carbocycles. The first-order valence-corrected chi connectivity index (χ1v) is 15.9. The molecule has 0 aromatic heterocycles. The minimum absolute atomic E-state index is 0.280. The van der Waals surface area contributed by atoms with Crippen molar-refractivity contribution in [1.29, 1.82) is 0 Å². The quantitative estimate of drug-likeness (QED) is 0.0683. The summed E-state index contributed by atoms with van der Waals surface area (Å²) in [6.07, 6.45) is -14.1. The Bertz CT molecular complexity index is 888. The van der Waals surface area contributed by atoms with Gasteiger partial charge in [0.1, 0.15) is 73.2 Å². The summed E-state index contributed by atoms with van der Waals surface area (Å²) < 4.78 is 40.1. The van der Waals surface area contributed by atoms with E-state index in [0.717, 1.165) is 45.4 Å². The Morgan fingerprint density at radius 3 is 1.85 bits per heavy atom. The monoisotopic (exact) mass is 671 g/mol. The zero-order valence-electron chi connectivity index (χ0n) is 26.6. The Balaban J connectivity index is 1.73. The molecule has 3 aliphatic heterocycles. The topological polar surface area (TPSA) is 256 Å². The van der Waals surface area contributed by atoms with Gasteiger partial charge in [0.15, 0.2) is 18.9 Å². The van der Waals surface area contributed by atoms with Gasteiger partial charge in [0.2, 0.25) is 5.91 Å². The molecule has 15 atom stereocenters. The van der Waals surface area contributed by atoms with Crippen molar-refractivity contribution in [2.24, 2.45) is 0 Å². The molecule has 9 N–H and O–H groups in total. The van der Waals surface area contributed by atoms with Gasteiger partial charge in [-0.15, -0.1) is 0 Å². The van der Waals surface area contributed by atoms with E-state index in [2.05, 4.69) is 12.2 Å². The SMILES string of the molecule is CCCCCCCCO[C@H]1O[C@H](CO[C@@H]2O[C@H](CO)[C@@H](O)[C@H](O)[C@@H]2O[C@@H]2O[C@H](CO)[C@@H](O)[C@H](O)[C@@H]2NC(C)=O)[C@@H](OC)[C@H](O)[C@H]1O. The number of amides is 1. The van der Waals surface area contributed by atoms with E-state index in [4.69, 9.17) is 33.2 Å². The molecule has 46 heavy (non-hydrogen) atoms. The molecular formula is C29H53NO16. The molecule has 3 aliphatic rings. The van der Waals surface area contributed by atoms with Crippen molar-refractivity contribution in [3.05, 3.63) is 0 Å². The lowest BCUT2D eigenvalue weighted by atomic mass is 9.95. The first kappa shape index (κ1) is 39.3. The molecule has 17 nitrogen and oxygen atoms in total. The average molecular weight is 672 g/mol. The van der Waals surface area contributed by atoms with Crippen LogP contribution in [0, 0.1) is 0 Å². The van der Waals surface area contributed by atoms with E-state index in [-0.39, 0.29) is 13.2 Å². The Morgan fingerprint density at radius 1 is 0.674 bits per heavy atom. The highest BCUT2D eigenvalue weighted by Gasteiger charge is 2.52. The molecular weight excluding hydrogens is 618 g/mol. The van der Waals surface area contributed by atoms with E-state index in [1.54, 1.807) is 0 Å². The maximum atomic E-state index is 11.9. The fourth-order valence-electron chi connectivity index (χ4n) is 5.82. The molecule has 0 aliphatic carbocycles. The number of hydrogen-bond donors (Lipinski definition) is 9. The molecule has 1 amide bonds. The van der Waals surface area contributed by atoms with Crippen LogP contribution >= 0.6 is 0 Å². The molecule has 0 aromatic rings. The van der Waals surface area contributed by atoms with E-state index in [9.17, 15) is 45.6 Å². The fraction of sp³-hybridized carbons (Fsp3) is 0.966. The van der Waals surface area contributed by atoms with Crippen LogP contribution in [0.4, 0.5) is 0 Å². The van der Waals surface area contributed by atoms with Gasteiger partial charge in [-0.1, -0.05) is 39.0 Å². The van der Waals surface area contributed by atoms with Gasteiger partial charge in [-0.25, -0.2) is 0 Å². The van der Waals surface area contributed by atoms with Crippen LogP contribution in [0.15, 0.2) is 0 Å². The van der Waals surface area contributed by atoms with Gasteiger partial charge in [0, 0.05) is 20.6 Å². The number of unbranched alkanes of at least 4 members (excludes halogenated alkanes) is 5. The lowest BCUT2D eigenvalue weighted by Crippen LogP contribution is -2.67. The number of carbonyl (C=O) groups is 1. The van der Waals surface area contributed by atoms with Gasteiger partial charge >= 0.3 is 0 Å². The first-order valence-electron chi connectivity index (χ1n) is 15.9. The second-order valence-corrected chi connectivity index (χ2v) is 11.9. The lowest BCUT2D eigenvalue weighted by Gasteiger charge is -2.47. The molecule has 0 saturated carbocycles. The third kappa shape index (κ3) is 9.96. The van der Waals surface area contributed by atoms with Crippen LogP contribution in [-0.2, 0) is 38.0 Å². The Morgan fingerprint density at radius 2 is 1.24 bits per heavy atom. The molecule has 0 bridgehead atoms. The zero-order chi connectivity index (χ0) is 34.0. The molecule has 270 valence electrons. The van der Waals surface area contributed by atoms with Crippen LogP contribution in [0.25, 0.3) is 0 Å². The van der Waals surface area contributed by atoms with Crippen molar-refractivity contribution in [3.8, 4) is 0 Å². The zero-order valence-corrected chi connectivity index (χ0v) is 26.6. The van der Waals surface area contributed by atoms with Gasteiger partial charge in [-0.05, 0) is 6.42 Å². The van der Waals surface area contributed by atoms with Crippen LogP contribution < -0.4 is 5.32 Å². The fourth-order valence-corrected chi connectivity index (χ4v) is 5.82. The van der Waals surface area contributed by atoms with Crippen molar-refractivity contribution < 1.29 is 78.8 Å². The highest BCUT2D eigenvalue weighted by Crippen LogP contribution is 2.31. The summed E-state index contributed by atoms with van der Waals surface area (Å²) in [7, 11) is 1.30. The lowest BCUT2D eigenvalue weighted by molar-refractivity contribution is -0.363. The Labute approximate surface area is 268 Å².